The number of nitrogens with zero attached hydrogens (tertiary/aromatic N) is 2. The molecule has 0 radical (unpaired) electrons. The summed E-state index contributed by atoms with van der Waals surface area (Å²) in [5, 5.41) is 10.6. The van der Waals surface area contributed by atoms with Crippen LogP contribution in [0.3, 0.4) is 0 Å². The number of nitrogens with one attached hydrogen (secondary N) is 2. The second kappa shape index (κ2) is 10.5. The topological polar surface area (TPSA) is 85.2 Å². The number of alkyl halides is 3. The van der Waals surface area contributed by atoms with Gasteiger partial charge in [-0.1, -0.05) is 23.2 Å². The summed E-state index contributed by atoms with van der Waals surface area (Å²) < 4.78 is 45.1. The van der Waals surface area contributed by atoms with E-state index in [1.54, 1.807) is 47.1 Å². The second-order valence-electron chi connectivity index (χ2n) is 8.34. The summed E-state index contributed by atoms with van der Waals surface area (Å²) in [6.07, 6.45) is -6.34. The van der Waals surface area contributed by atoms with Crippen molar-refractivity contribution < 1.29 is 27.5 Å². The summed E-state index contributed by atoms with van der Waals surface area (Å²) in [4.78, 5) is 24.1. The largest absolute Gasteiger partial charge is 0.414 e. The summed E-state index contributed by atoms with van der Waals surface area (Å²) >= 11 is 12.3. The van der Waals surface area contributed by atoms with E-state index < -0.39 is 18.2 Å². The Morgan fingerprint density at radius 2 is 1.92 bits per heavy atom. The van der Waals surface area contributed by atoms with E-state index in [1.165, 1.54) is 6.07 Å². The lowest BCUT2D eigenvalue weighted by atomic mass is 10.1. The first-order chi connectivity index (χ1) is 17.0. The molecule has 0 bridgehead atoms. The van der Waals surface area contributed by atoms with Gasteiger partial charge >= 0.3 is 6.18 Å². The van der Waals surface area contributed by atoms with Crippen molar-refractivity contribution in [3.63, 3.8) is 0 Å². The molecule has 12 heteroatoms. The minimum atomic E-state index is -4.48. The van der Waals surface area contributed by atoms with E-state index in [2.05, 4.69) is 15.7 Å². The highest BCUT2D eigenvalue weighted by Gasteiger charge is 2.37. The summed E-state index contributed by atoms with van der Waals surface area (Å²) in [6, 6.07) is 13.2. The lowest BCUT2D eigenvalue weighted by molar-refractivity contribution is -0.217. The molecule has 2 amide bonds. The van der Waals surface area contributed by atoms with Crippen molar-refractivity contribution in [2.75, 3.05) is 11.9 Å². The normalized spacial score (nSPS) is 16.6. The molecule has 4 rings (SSSR count). The molecule has 3 aromatic rings. The number of carbonyl (C=O) groups is 2. The molecule has 1 fully saturated rings. The first kappa shape index (κ1) is 26.0. The number of carbonyl (C=O) groups excluding carboxylic acids is 2. The van der Waals surface area contributed by atoms with Crippen LogP contribution >= 0.6 is 23.2 Å². The van der Waals surface area contributed by atoms with Crippen molar-refractivity contribution in [2.24, 2.45) is 5.92 Å². The van der Waals surface area contributed by atoms with Gasteiger partial charge in [0.2, 0.25) is 11.8 Å². The van der Waals surface area contributed by atoms with Crippen LogP contribution in [0.25, 0.3) is 16.9 Å². The van der Waals surface area contributed by atoms with Gasteiger partial charge in [-0.15, -0.1) is 5.10 Å². The van der Waals surface area contributed by atoms with Gasteiger partial charge < -0.3 is 15.4 Å². The Morgan fingerprint density at radius 3 is 2.56 bits per heavy atom. The van der Waals surface area contributed by atoms with E-state index in [-0.39, 0.29) is 42.2 Å². The van der Waals surface area contributed by atoms with Crippen molar-refractivity contribution in [1.82, 2.24) is 15.1 Å². The molecule has 7 nitrogen and oxygen atoms in total. The lowest BCUT2D eigenvalue weighted by Gasteiger charge is -2.17. The van der Waals surface area contributed by atoms with E-state index in [9.17, 15) is 22.8 Å². The SMILES string of the molecule is C[C@@H](OCc1cc(Cl)cc(-c2cc(NC(=O)[C@@H]3CNC(=O)C3)nn2-c2ccc(Cl)cc2)c1)C(F)(F)F. The second-order valence-corrected chi connectivity index (χ2v) is 9.21. The molecule has 0 aliphatic carbocycles. The summed E-state index contributed by atoms with van der Waals surface area (Å²) in [5.41, 5.74) is 2.11. The smallest absolute Gasteiger partial charge is 0.364 e. The molecule has 0 unspecified atom stereocenters. The van der Waals surface area contributed by atoms with Crippen molar-refractivity contribution in [2.45, 2.75) is 32.2 Å². The number of amides is 2. The van der Waals surface area contributed by atoms with Crippen LogP contribution in [-0.2, 0) is 20.9 Å². The number of rotatable bonds is 7. The Hall–Kier alpha value is -3.08. The summed E-state index contributed by atoms with van der Waals surface area (Å²) in [5.74, 6) is -0.849. The van der Waals surface area contributed by atoms with Gasteiger partial charge in [-0.05, 0) is 55.0 Å². The van der Waals surface area contributed by atoms with Crippen LogP contribution in [-0.4, -0.2) is 40.4 Å². The molecule has 2 N–H and O–H groups in total. The average molecular weight is 541 g/mol. The molecular weight excluding hydrogens is 520 g/mol. The minimum Gasteiger partial charge on any atom is -0.364 e. The van der Waals surface area contributed by atoms with Gasteiger partial charge in [0.1, 0.15) is 0 Å². The number of aromatic nitrogens is 2. The molecule has 2 aromatic carbocycles. The maximum absolute atomic E-state index is 12.9. The molecule has 1 aliphatic heterocycles. The molecule has 2 atom stereocenters. The predicted octanol–water partition coefficient (Wildman–Crippen LogP) is 5.39. The first-order valence-corrected chi connectivity index (χ1v) is 11.7. The zero-order chi connectivity index (χ0) is 26.0. The van der Waals surface area contributed by atoms with Crippen LogP contribution in [0.1, 0.15) is 18.9 Å². The fourth-order valence-electron chi connectivity index (χ4n) is 3.64. The first-order valence-electron chi connectivity index (χ1n) is 10.9. The molecule has 0 spiro atoms. The molecule has 0 saturated carbocycles. The molecule has 190 valence electrons. The standard InChI is InChI=1S/C24H21Cl2F3N4O3/c1-13(24(27,28)29)36-12-14-6-15(8-18(26)7-14)20-10-21(31-23(35)16-9-22(34)30-11-16)32-33(20)19-4-2-17(25)3-5-19/h2-8,10,13,16H,9,11-12H2,1H3,(H,30,34)(H,31,32,35)/t13-,16+/m1/s1. The Balaban J connectivity index is 1.67. The monoisotopic (exact) mass is 540 g/mol. The number of hydrogen-bond donors (Lipinski definition) is 2. The van der Waals surface area contributed by atoms with Gasteiger partial charge in [0.25, 0.3) is 0 Å². The van der Waals surface area contributed by atoms with Gasteiger partial charge in [0.05, 0.1) is 23.9 Å². The van der Waals surface area contributed by atoms with E-state index >= 15 is 0 Å². The van der Waals surface area contributed by atoms with Crippen LogP contribution in [0.2, 0.25) is 10.0 Å². The number of hydrogen-bond acceptors (Lipinski definition) is 4. The quantitative estimate of drug-likeness (QED) is 0.420. The van der Waals surface area contributed by atoms with Crippen LogP contribution in [0.15, 0.2) is 48.5 Å². The van der Waals surface area contributed by atoms with E-state index in [4.69, 9.17) is 27.9 Å². The Kier molecular flexibility index (Phi) is 7.58. The third kappa shape index (κ3) is 6.18. The molecule has 1 saturated heterocycles. The summed E-state index contributed by atoms with van der Waals surface area (Å²) in [7, 11) is 0. The highest BCUT2D eigenvalue weighted by molar-refractivity contribution is 6.31. The minimum absolute atomic E-state index is 0.0879. The van der Waals surface area contributed by atoms with Crippen LogP contribution in [0.5, 0.6) is 0 Å². The Bertz CT molecular complexity index is 1280. The predicted molar refractivity (Wildman–Crippen MR) is 129 cm³/mol. The molecule has 1 aliphatic rings. The summed E-state index contributed by atoms with van der Waals surface area (Å²) in [6.45, 7) is 0.864. The Labute approximate surface area is 214 Å². The van der Waals surface area contributed by atoms with Crippen molar-refractivity contribution in [3.05, 3.63) is 64.1 Å². The van der Waals surface area contributed by atoms with Gasteiger partial charge in [0, 0.05) is 34.6 Å². The third-order valence-electron chi connectivity index (χ3n) is 5.59. The molecule has 36 heavy (non-hydrogen) atoms. The lowest BCUT2D eigenvalue weighted by Crippen LogP contribution is -2.28. The van der Waals surface area contributed by atoms with Crippen LogP contribution < -0.4 is 10.6 Å². The van der Waals surface area contributed by atoms with E-state index in [0.717, 1.165) is 6.92 Å². The van der Waals surface area contributed by atoms with Crippen LogP contribution in [0.4, 0.5) is 19.0 Å². The highest BCUT2D eigenvalue weighted by atomic mass is 35.5. The zero-order valence-corrected chi connectivity index (χ0v) is 20.4. The van der Waals surface area contributed by atoms with Crippen molar-refractivity contribution in [3.8, 4) is 16.9 Å². The number of benzene rings is 2. The highest BCUT2D eigenvalue weighted by Crippen LogP contribution is 2.31. The Morgan fingerprint density at radius 1 is 1.19 bits per heavy atom. The van der Waals surface area contributed by atoms with E-state index in [1.807, 2.05) is 0 Å². The molecular formula is C24H21Cl2F3N4O3. The maximum Gasteiger partial charge on any atom is 0.414 e. The van der Waals surface area contributed by atoms with Gasteiger partial charge in [-0.2, -0.15) is 13.2 Å². The average Bonchev–Trinajstić information content (AvgIpc) is 3.43. The number of halogens is 5. The van der Waals surface area contributed by atoms with Crippen molar-refractivity contribution >= 4 is 40.8 Å². The van der Waals surface area contributed by atoms with Crippen LogP contribution in [0, 0.1) is 5.92 Å². The van der Waals surface area contributed by atoms with Gasteiger partial charge in [-0.25, -0.2) is 4.68 Å². The zero-order valence-electron chi connectivity index (χ0n) is 18.9. The number of anilines is 1. The maximum atomic E-state index is 12.9. The van der Waals surface area contributed by atoms with Gasteiger partial charge in [-0.3, -0.25) is 9.59 Å². The fraction of sp³-hybridized carbons (Fsp3) is 0.292. The van der Waals surface area contributed by atoms with Crippen molar-refractivity contribution in [1.29, 1.82) is 0 Å². The third-order valence-corrected chi connectivity index (χ3v) is 6.06. The molecule has 1 aromatic heterocycles. The molecule has 2 heterocycles. The number of ether oxygens (including phenoxy) is 1. The van der Waals surface area contributed by atoms with E-state index in [0.29, 0.717) is 27.5 Å². The van der Waals surface area contributed by atoms with Gasteiger partial charge in [0.15, 0.2) is 11.9 Å². The fourth-order valence-corrected chi connectivity index (χ4v) is 4.03.